The van der Waals surface area contributed by atoms with E-state index in [0.29, 0.717) is 11.3 Å². The van der Waals surface area contributed by atoms with Crippen LogP contribution in [0.5, 0.6) is 0 Å². The minimum Gasteiger partial charge on any atom is -0.383 e. The highest BCUT2D eigenvalue weighted by Crippen LogP contribution is 2.17. The van der Waals surface area contributed by atoms with Crippen molar-refractivity contribution in [3.63, 3.8) is 0 Å². The number of aryl methyl sites for hydroxylation is 1. The maximum Gasteiger partial charge on any atom is 0.261 e. The Bertz CT molecular complexity index is 564. The Morgan fingerprint density at radius 2 is 2.29 bits per heavy atom. The molecule has 0 fully saturated rings. The number of rotatable bonds is 2. The van der Waals surface area contributed by atoms with Crippen molar-refractivity contribution in [2.45, 2.75) is 6.92 Å². The van der Waals surface area contributed by atoms with Crippen LogP contribution in [0, 0.1) is 12.7 Å². The summed E-state index contributed by atoms with van der Waals surface area (Å²) in [7, 11) is 0. The minimum absolute atomic E-state index is 0.197. The number of amides is 1. The Morgan fingerprint density at radius 3 is 2.88 bits per heavy atom. The lowest BCUT2D eigenvalue weighted by Crippen LogP contribution is -2.13. The Hall–Kier alpha value is -2.37. The summed E-state index contributed by atoms with van der Waals surface area (Å²) in [5, 5.41) is 8.75. The van der Waals surface area contributed by atoms with Gasteiger partial charge in [-0.3, -0.25) is 9.89 Å². The van der Waals surface area contributed by atoms with Gasteiger partial charge < -0.3 is 11.1 Å². The van der Waals surface area contributed by atoms with Crippen LogP contribution >= 0.6 is 0 Å². The zero-order valence-electron chi connectivity index (χ0n) is 9.12. The van der Waals surface area contributed by atoms with Crippen LogP contribution in [0.4, 0.5) is 15.9 Å². The van der Waals surface area contributed by atoms with Gasteiger partial charge in [0.05, 0.1) is 6.20 Å². The van der Waals surface area contributed by atoms with Gasteiger partial charge in [0.1, 0.15) is 17.2 Å². The lowest BCUT2D eigenvalue weighted by molar-refractivity contribution is 0.102. The van der Waals surface area contributed by atoms with E-state index >= 15 is 0 Å². The molecule has 6 heteroatoms. The maximum atomic E-state index is 12.9. The molecule has 0 aliphatic carbocycles. The molecule has 0 spiro atoms. The third-order valence-corrected chi connectivity index (χ3v) is 2.35. The van der Waals surface area contributed by atoms with Crippen molar-refractivity contribution in [3.8, 4) is 0 Å². The molecule has 0 radical (unpaired) electrons. The van der Waals surface area contributed by atoms with Crippen LogP contribution in [-0.4, -0.2) is 16.1 Å². The molecule has 0 aliphatic rings. The van der Waals surface area contributed by atoms with Gasteiger partial charge >= 0.3 is 0 Å². The molecule has 4 N–H and O–H groups in total. The summed E-state index contributed by atoms with van der Waals surface area (Å²) < 4.78 is 12.9. The van der Waals surface area contributed by atoms with E-state index in [2.05, 4.69) is 15.5 Å². The second-order valence-electron chi connectivity index (χ2n) is 3.61. The molecule has 2 rings (SSSR count). The van der Waals surface area contributed by atoms with E-state index < -0.39 is 0 Å². The predicted molar refractivity (Wildman–Crippen MR) is 62.1 cm³/mol. The SMILES string of the molecule is Cc1cc(F)ccc1NC(=O)c1cn[nH]c1N. The molecule has 0 unspecified atom stereocenters. The summed E-state index contributed by atoms with van der Waals surface area (Å²) in [6.07, 6.45) is 1.34. The van der Waals surface area contributed by atoms with E-state index in [4.69, 9.17) is 5.73 Å². The van der Waals surface area contributed by atoms with Gasteiger partial charge in [-0.25, -0.2) is 4.39 Å². The summed E-state index contributed by atoms with van der Waals surface area (Å²) in [4.78, 5) is 11.8. The summed E-state index contributed by atoms with van der Waals surface area (Å²) in [5.74, 6) is -0.531. The number of aromatic amines is 1. The van der Waals surface area contributed by atoms with Gasteiger partial charge in [-0.05, 0) is 30.7 Å². The molecule has 0 bridgehead atoms. The Morgan fingerprint density at radius 1 is 1.53 bits per heavy atom. The normalized spacial score (nSPS) is 10.2. The lowest BCUT2D eigenvalue weighted by Gasteiger charge is -2.07. The Labute approximate surface area is 96.8 Å². The molecule has 1 aromatic carbocycles. The summed E-state index contributed by atoms with van der Waals surface area (Å²) in [6.45, 7) is 1.71. The van der Waals surface area contributed by atoms with Crippen molar-refractivity contribution < 1.29 is 9.18 Å². The fraction of sp³-hybridized carbons (Fsp3) is 0.0909. The number of nitrogens with one attached hydrogen (secondary N) is 2. The van der Waals surface area contributed by atoms with Crippen molar-refractivity contribution in [3.05, 3.63) is 41.3 Å². The first-order chi connectivity index (χ1) is 8.08. The maximum absolute atomic E-state index is 12.9. The second-order valence-corrected chi connectivity index (χ2v) is 3.61. The number of H-pyrrole nitrogens is 1. The quantitative estimate of drug-likeness (QED) is 0.739. The summed E-state index contributed by atoms with van der Waals surface area (Å²) >= 11 is 0. The molecule has 1 heterocycles. The van der Waals surface area contributed by atoms with Crippen molar-refractivity contribution in [2.75, 3.05) is 11.1 Å². The molecule has 0 atom stereocenters. The highest BCUT2D eigenvalue weighted by molar-refractivity contribution is 6.07. The van der Waals surface area contributed by atoms with Crippen LogP contribution in [0.1, 0.15) is 15.9 Å². The van der Waals surface area contributed by atoms with E-state index in [0.717, 1.165) is 0 Å². The van der Waals surface area contributed by atoms with E-state index in [1.165, 1.54) is 24.4 Å². The van der Waals surface area contributed by atoms with Crippen LogP contribution in [-0.2, 0) is 0 Å². The van der Waals surface area contributed by atoms with E-state index in [-0.39, 0.29) is 23.1 Å². The first-order valence-electron chi connectivity index (χ1n) is 4.94. The van der Waals surface area contributed by atoms with E-state index in [1.807, 2.05) is 0 Å². The molecule has 17 heavy (non-hydrogen) atoms. The Kier molecular flexibility index (Phi) is 2.78. The number of halogens is 1. The van der Waals surface area contributed by atoms with Crippen molar-refractivity contribution >= 4 is 17.4 Å². The fourth-order valence-corrected chi connectivity index (χ4v) is 1.43. The first kappa shape index (κ1) is 11.1. The molecule has 88 valence electrons. The number of hydrogen-bond donors (Lipinski definition) is 3. The fourth-order valence-electron chi connectivity index (χ4n) is 1.43. The highest BCUT2D eigenvalue weighted by Gasteiger charge is 2.12. The first-order valence-corrected chi connectivity index (χ1v) is 4.94. The van der Waals surface area contributed by atoms with Gasteiger partial charge in [0, 0.05) is 5.69 Å². The van der Waals surface area contributed by atoms with Crippen LogP contribution < -0.4 is 11.1 Å². The number of anilines is 2. The number of nitrogens with two attached hydrogens (primary N) is 1. The predicted octanol–water partition coefficient (Wildman–Crippen LogP) is 1.69. The molecule has 0 aliphatic heterocycles. The van der Waals surface area contributed by atoms with Crippen molar-refractivity contribution in [1.29, 1.82) is 0 Å². The van der Waals surface area contributed by atoms with Gasteiger partial charge in [-0.1, -0.05) is 0 Å². The van der Waals surface area contributed by atoms with Crippen molar-refractivity contribution in [2.24, 2.45) is 0 Å². The second kappa shape index (κ2) is 4.25. The average Bonchev–Trinajstić information content (AvgIpc) is 2.68. The van der Waals surface area contributed by atoms with Gasteiger partial charge in [0.2, 0.25) is 0 Å². The summed E-state index contributed by atoms with van der Waals surface area (Å²) in [6, 6.07) is 4.12. The number of hydrogen-bond acceptors (Lipinski definition) is 3. The number of benzene rings is 1. The van der Waals surface area contributed by atoms with Crippen LogP contribution in [0.2, 0.25) is 0 Å². The molecule has 1 aromatic heterocycles. The topological polar surface area (TPSA) is 83.8 Å². The number of aromatic nitrogens is 2. The average molecular weight is 234 g/mol. The minimum atomic E-state index is -0.383. The monoisotopic (exact) mass is 234 g/mol. The van der Waals surface area contributed by atoms with E-state index in [1.54, 1.807) is 6.92 Å². The van der Waals surface area contributed by atoms with Crippen molar-refractivity contribution in [1.82, 2.24) is 10.2 Å². The number of nitrogens with zero attached hydrogens (tertiary/aromatic N) is 1. The third-order valence-electron chi connectivity index (χ3n) is 2.35. The molecule has 2 aromatic rings. The Balaban J connectivity index is 2.22. The smallest absolute Gasteiger partial charge is 0.261 e. The highest BCUT2D eigenvalue weighted by atomic mass is 19.1. The van der Waals surface area contributed by atoms with Gasteiger partial charge in [0.25, 0.3) is 5.91 Å². The van der Waals surface area contributed by atoms with Crippen LogP contribution in [0.3, 0.4) is 0 Å². The molecular weight excluding hydrogens is 223 g/mol. The number of nitrogen functional groups attached to an aromatic ring is 1. The molecular formula is C11H11FN4O. The van der Waals surface area contributed by atoms with Gasteiger partial charge in [0.15, 0.2) is 0 Å². The van der Waals surface area contributed by atoms with Crippen LogP contribution in [0.15, 0.2) is 24.4 Å². The lowest BCUT2D eigenvalue weighted by atomic mass is 10.2. The largest absolute Gasteiger partial charge is 0.383 e. The van der Waals surface area contributed by atoms with Gasteiger partial charge in [-0.15, -0.1) is 0 Å². The van der Waals surface area contributed by atoms with Crippen LogP contribution in [0.25, 0.3) is 0 Å². The van der Waals surface area contributed by atoms with E-state index in [9.17, 15) is 9.18 Å². The zero-order chi connectivity index (χ0) is 12.4. The molecule has 0 saturated carbocycles. The molecule has 5 nitrogen and oxygen atoms in total. The zero-order valence-corrected chi connectivity index (χ0v) is 9.12. The molecule has 0 saturated heterocycles. The molecule has 1 amide bonds. The number of carbonyl (C=O) groups excluding carboxylic acids is 1. The standard InChI is InChI=1S/C11H11FN4O/c1-6-4-7(12)2-3-9(6)15-11(17)8-5-14-16-10(8)13/h2-5H,1H3,(H,15,17)(H3,13,14,16). The summed E-state index contributed by atoms with van der Waals surface area (Å²) in [5.41, 5.74) is 6.95. The van der Waals surface area contributed by atoms with Gasteiger partial charge in [-0.2, -0.15) is 5.10 Å². The number of carbonyl (C=O) groups is 1. The third kappa shape index (κ3) is 2.25.